The smallest absolute Gasteiger partial charge is 0.253 e. The molecule has 0 unspecified atom stereocenters. The van der Waals surface area contributed by atoms with Crippen molar-refractivity contribution >= 4 is 11.6 Å². The zero-order valence-corrected chi connectivity index (χ0v) is 12.3. The average Bonchev–Trinajstić information content (AvgIpc) is 2.57. The predicted octanol–water partition coefficient (Wildman–Crippen LogP) is 3.54. The van der Waals surface area contributed by atoms with Crippen LogP contribution in [0.15, 0.2) is 54.6 Å². The third kappa shape index (κ3) is 3.45. The Labute approximate surface area is 129 Å². The van der Waals surface area contributed by atoms with Crippen molar-refractivity contribution in [2.24, 2.45) is 0 Å². The minimum Gasteiger partial charge on any atom is -0.381 e. The number of amides is 1. The van der Waals surface area contributed by atoms with Gasteiger partial charge in [0, 0.05) is 30.4 Å². The van der Waals surface area contributed by atoms with Gasteiger partial charge >= 0.3 is 0 Å². The summed E-state index contributed by atoms with van der Waals surface area (Å²) in [4.78, 5) is 14.4. The quantitative estimate of drug-likeness (QED) is 0.940. The van der Waals surface area contributed by atoms with E-state index in [1.807, 2.05) is 35.2 Å². The van der Waals surface area contributed by atoms with Gasteiger partial charge in [-0.25, -0.2) is 4.39 Å². The number of nitrogens with one attached hydrogen (secondary N) is 1. The first-order valence-corrected chi connectivity index (χ1v) is 7.59. The monoisotopic (exact) mass is 298 g/mol. The molecule has 114 valence electrons. The molecule has 1 saturated heterocycles. The molecule has 1 fully saturated rings. The molecule has 2 aromatic carbocycles. The summed E-state index contributed by atoms with van der Waals surface area (Å²) >= 11 is 0. The van der Waals surface area contributed by atoms with Crippen LogP contribution in [-0.2, 0) is 0 Å². The van der Waals surface area contributed by atoms with Gasteiger partial charge in [0.25, 0.3) is 5.91 Å². The molecule has 1 amide bonds. The number of rotatable bonds is 3. The van der Waals surface area contributed by atoms with E-state index in [4.69, 9.17) is 0 Å². The van der Waals surface area contributed by atoms with E-state index in [0.29, 0.717) is 6.54 Å². The molecule has 0 aliphatic carbocycles. The second-order valence-corrected chi connectivity index (χ2v) is 5.61. The number of nitrogens with zero attached hydrogens (tertiary/aromatic N) is 1. The highest BCUT2D eigenvalue weighted by atomic mass is 19.1. The van der Waals surface area contributed by atoms with Gasteiger partial charge in [0.15, 0.2) is 0 Å². The highest BCUT2D eigenvalue weighted by molar-refractivity contribution is 5.94. The van der Waals surface area contributed by atoms with Crippen LogP contribution in [0.25, 0.3) is 0 Å². The van der Waals surface area contributed by atoms with Crippen LogP contribution in [0.3, 0.4) is 0 Å². The van der Waals surface area contributed by atoms with Crippen molar-refractivity contribution in [3.63, 3.8) is 0 Å². The van der Waals surface area contributed by atoms with Gasteiger partial charge in [-0.15, -0.1) is 0 Å². The Kier molecular flexibility index (Phi) is 4.37. The maximum atomic E-state index is 12.9. The molecule has 0 saturated carbocycles. The topological polar surface area (TPSA) is 32.3 Å². The number of hydrogen-bond acceptors (Lipinski definition) is 2. The molecule has 4 heteroatoms. The second kappa shape index (κ2) is 6.60. The lowest BCUT2D eigenvalue weighted by Crippen LogP contribution is -2.45. The van der Waals surface area contributed by atoms with Gasteiger partial charge in [-0.2, -0.15) is 0 Å². The maximum Gasteiger partial charge on any atom is 0.253 e. The van der Waals surface area contributed by atoms with Gasteiger partial charge in [-0.3, -0.25) is 4.79 Å². The fraction of sp³-hybridized carbons (Fsp3) is 0.278. The number of likely N-dealkylation sites (tertiary alicyclic amines) is 1. The van der Waals surface area contributed by atoms with Crippen molar-refractivity contribution in [1.29, 1.82) is 0 Å². The summed E-state index contributed by atoms with van der Waals surface area (Å²) in [5.74, 6) is -0.165. The molecule has 22 heavy (non-hydrogen) atoms. The zero-order chi connectivity index (χ0) is 15.4. The SMILES string of the molecule is O=C(c1ccccc1)N1CCC[C@@H](Nc2ccc(F)cc2)C1. The molecule has 3 nitrogen and oxygen atoms in total. The number of piperidine rings is 1. The second-order valence-electron chi connectivity index (χ2n) is 5.61. The van der Waals surface area contributed by atoms with E-state index in [0.717, 1.165) is 30.6 Å². The first-order valence-electron chi connectivity index (χ1n) is 7.59. The van der Waals surface area contributed by atoms with E-state index in [1.54, 1.807) is 12.1 Å². The maximum absolute atomic E-state index is 12.9. The van der Waals surface area contributed by atoms with Gasteiger partial charge < -0.3 is 10.2 Å². The third-order valence-corrected chi connectivity index (χ3v) is 3.94. The Hall–Kier alpha value is -2.36. The molecular weight excluding hydrogens is 279 g/mol. The van der Waals surface area contributed by atoms with Crippen LogP contribution in [-0.4, -0.2) is 29.9 Å². The Morgan fingerprint density at radius 1 is 1.09 bits per heavy atom. The molecule has 0 bridgehead atoms. The summed E-state index contributed by atoms with van der Waals surface area (Å²) < 4.78 is 12.9. The molecule has 1 atom stereocenters. The molecule has 1 heterocycles. The van der Waals surface area contributed by atoms with E-state index in [1.165, 1.54) is 12.1 Å². The van der Waals surface area contributed by atoms with Crippen molar-refractivity contribution in [3.05, 3.63) is 66.0 Å². The lowest BCUT2D eigenvalue weighted by atomic mass is 10.0. The van der Waals surface area contributed by atoms with Gasteiger partial charge in [0.2, 0.25) is 0 Å². The van der Waals surface area contributed by atoms with Crippen LogP contribution in [0, 0.1) is 5.82 Å². The normalized spacial score (nSPS) is 18.0. The highest BCUT2D eigenvalue weighted by Crippen LogP contribution is 2.18. The van der Waals surface area contributed by atoms with Crippen LogP contribution in [0.1, 0.15) is 23.2 Å². The van der Waals surface area contributed by atoms with Gasteiger partial charge in [0.1, 0.15) is 5.82 Å². The number of carbonyl (C=O) groups is 1. The van der Waals surface area contributed by atoms with Crippen molar-refractivity contribution in [2.75, 3.05) is 18.4 Å². The molecule has 1 aliphatic rings. The Morgan fingerprint density at radius 3 is 2.55 bits per heavy atom. The predicted molar refractivity (Wildman–Crippen MR) is 85.4 cm³/mol. The lowest BCUT2D eigenvalue weighted by Gasteiger charge is -2.33. The minimum atomic E-state index is -0.241. The first-order chi connectivity index (χ1) is 10.7. The van der Waals surface area contributed by atoms with Crippen LogP contribution in [0.4, 0.5) is 10.1 Å². The molecule has 0 radical (unpaired) electrons. The summed E-state index contributed by atoms with van der Waals surface area (Å²) in [7, 11) is 0. The third-order valence-electron chi connectivity index (χ3n) is 3.94. The zero-order valence-electron chi connectivity index (χ0n) is 12.3. The molecule has 3 rings (SSSR count). The number of carbonyl (C=O) groups excluding carboxylic acids is 1. The number of halogens is 1. The summed E-state index contributed by atoms with van der Waals surface area (Å²) in [5.41, 5.74) is 1.62. The number of anilines is 1. The molecule has 2 aromatic rings. The van der Waals surface area contributed by atoms with Crippen LogP contribution < -0.4 is 5.32 Å². The van der Waals surface area contributed by atoms with E-state index >= 15 is 0 Å². The summed E-state index contributed by atoms with van der Waals surface area (Å²) in [5, 5.41) is 3.38. The fourth-order valence-electron chi connectivity index (χ4n) is 2.82. The summed E-state index contributed by atoms with van der Waals surface area (Å²) in [6, 6.07) is 15.9. The largest absolute Gasteiger partial charge is 0.381 e. The average molecular weight is 298 g/mol. The molecule has 0 aromatic heterocycles. The van der Waals surface area contributed by atoms with Gasteiger partial charge in [-0.1, -0.05) is 18.2 Å². The molecular formula is C18H19FN2O. The van der Waals surface area contributed by atoms with Crippen LogP contribution in [0.5, 0.6) is 0 Å². The van der Waals surface area contributed by atoms with Crippen molar-refractivity contribution in [1.82, 2.24) is 4.90 Å². The van der Waals surface area contributed by atoms with Crippen molar-refractivity contribution in [3.8, 4) is 0 Å². The Bertz CT molecular complexity index is 627. The molecule has 0 spiro atoms. The Morgan fingerprint density at radius 2 is 1.82 bits per heavy atom. The molecule has 1 N–H and O–H groups in total. The van der Waals surface area contributed by atoms with Gasteiger partial charge in [0.05, 0.1) is 0 Å². The fourth-order valence-corrected chi connectivity index (χ4v) is 2.82. The number of benzene rings is 2. The summed E-state index contributed by atoms with van der Waals surface area (Å²) in [6.45, 7) is 1.46. The number of hydrogen-bond donors (Lipinski definition) is 1. The first kappa shape index (κ1) is 14.6. The van der Waals surface area contributed by atoms with Gasteiger partial charge in [-0.05, 0) is 49.2 Å². The highest BCUT2D eigenvalue weighted by Gasteiger charge is 2.24. The Balaban J connectivity index is 1.64. The van der Waals surface area contributed by atoms with Crippen molar-refractivity contribution in [2.45, 2.75) is 18.9 Å². The summed E-state index contributed by atoms with van der Waals surface area (Å²) in [6.07, 6.45) is 1.98. The van der Waals surface area contributed by atoms with E-state index in [-0.39, 0.29) is 17.8 Å². The lowest BCUT2D eigenvalue weighted by molar-refractivity contribution is 0.0715. The minimum absolute atomic E-state index is 0.0752. The van der Waals surface area contributed by atoms with Crippen LogP contribution in [0.2, 0.25) is 0 Å². The standard InChI is InChI=1S/C18H19FN2O/c19-15-8-10-16(11-9-15)20-17-7-4-12-21(13-17)18(22)14-5-2-1-3-6-14/h1-3,5-6,8-11,17,20H,4,7,12-13H2/t17-/m1/s1. The van der Waals surface area contributed by atoms with Crippen molar-refractivity contribution < 1.29 is 9.18 Å². The van der Waals surface area contributed by atoms with E-state index in [9.17, 15) is 9.18 Å². The van der Waals surface area contributed by atoms with Crippen LogP contribution >= 0.6 is 0 Å². The van der Waals surface area contributed by atoms with E-state index < -0.39 is 0 Å². The van der Waals surface area contributed by atoms with E-state index in [2.05, 4.69) is 5.32 Å². The molecule has 1 aliphatic heterocycles.